The van der Waals surface area contributed by atoms with Gasteiger partial charge in [0.05, 0.1) is 5.69 Å². The van der Waals surface area contributed by atoms with Gasteiger partial charge in [0.2, 0.25) is 0 Å². The van der Waals surface area contributed by atoms with E-state index in [-0.39, 0.29) is 5.69 Å². The second-order valence-corrected chi connectivity index (χ2v) is 7.25. The third-order valence-corrected chi connectivity index (χ3v) is 5.32. The molecule has 1 fully saturated rings. The molecule has 0 N–H and O–H groups in total. The number of rotatable bonds is 4. The Hall–Kier alpha value is -1.79. The number of alkyl halides is 3. The van der Waals surface area contributed by atoms with Crippen LogP contribution in [0.25, 0.3) is 0 Å². The van der Waals surface area contributed by atoms with E-state index in [0.29, 0.717) is 45.2 Å². The van der Waals surface area contributed by atoms with Crippen molar-refractivity contribution in [1.29, 1.82) is 0 Å². The van der Waals surface area contributed by atoms with Crippen LogP contribution in [0.4, 0.5) is 23.2 Å². The van der Waals surface area contributed by atoms with Gasteiger partial charge in [0.15, 0.2) is 0 Å². The highest BCUT2D eigenvalue weighted by Crippen LogP contribution is 2.36. The summed E-state index contributed by atoms with van der Waals surface area (Å²) in [5, 5.41) is 0. The average molecular weight is 364 g/mol. The number of halogens is 4. The monoisotopic (exact) mass is 364 g/mol. The van der Waals surface area contributed by atoms with Crippen molar-refractivity contribution in [1.82, 2.24) is 4.90 Å². The van der Waals surface area contributed by atoms with E-state index in [1.165, 1.54) is 4.90 Å². The molecular formula is C15H16F4N2O2S. The topological polar surface area (TPSA) is 40.6 Å². The Morgan fingerprint density at radius 3 is 2.33 bits per heavy atom. The van der Waals surface area contributed by atoms with Crippen molar-refractivity contribution >= 4 is 15.5 Å². The van der Waals surface area contributed by atoms with E-state index < -0.39 is 26.1 Å². The summed E-state index contributed by atoms with van der Waals surface area (Å²) >= 11 is 0. The standard InChI is InChI=1S/C15H16F4N2O2S/c1-2-3-6-20-7-9-21(10-8-20)13-5-4-12(16)11-14(13)24(22,23)15(17,18)19/h1,4-5,11H,3,6-10H2. The molecule has 9 heteroatoms. The molecule has 1 aliphatic rings. The Labute approximate surface area is 138 Å². The van der Waals surface area contributed by atoms with Crippen LogP contribution in [-0.4, -0.2) is 51.5 Å². The Balaban J connectivity index is 2.29. The van der Waals surface area contributed by atoms with Crippen molar-refractivity contribution in [3.8, 4) is 12.3 Å². The Bertz CT molecular complexity index is 733. The van der Waals surface area contributed by atoms with Crippen LogP contribution >= 0.6 is 0 Å². The lowest BCUT2D eigenvalue weighted by Gasteiger charge is -2.36. The first-order valence-electron chi connectivity index (χ1n) is 7.18. The molecule has 1 saturated heterocycles. The summed E-state index contributed by atoms with van der Waals surface area (Å²) in [6, 6.07) is 2.45. The zero-order valence-corrected chi connectivity index (χ0v) is 13.5. The Kier molecular flexibility index (Phi) is 5.40. The minimum atomic E-state index is -5.63. The van der Waals surface area contributed by atoms with Crippen molar-refractivity contribution in [2.45, 2.75) is 16.8 Å². The minimum Gasteiger partial charge on any atom is -0.368 e. The first-order chi connectivity index (χ1) is 11.2. The number of hydrogen-bond donors (Lipinski definition) is 0. The highest BCUT2D eigenvalue weighted by molar-refractivity contribution is 7.92. The van der Waals surface area contributed by atoms with Gasteiger partial charge in [-0.25, -0.2) is 12.8 Å². The van der Waals surface area contributed by atoms with Gasteiger partial charge in [0.1, 0.15) is 10.7 Å². The molecule has 2 rings (SSSR count). The number of sulfone groups is 1. The predicted octanol–water partition coefficient (Wildman–Crippen LogP) is 2.26. The van der Waals surface area contributed by atoms with Crippen LogP contribution in [0, 0.1) is 18.2 Å². The van der Waals surface area contributed by atoms with Crippen LogP contribution in [0.3, 0.4) is 0 Å². The molecule has 1 aliphatic heterocycles. The first-order valence-corrected chi connectivity index (χ1v) is 8.67. The van der Waals surface area contributed by atoms with Gasteiger partial charge >= 0.3 is 5.51 Å². The molecule has 132 valence electrons. The lowest BCUT2D eigenvalue weighted by atomic mass is 10.2. The van der Waals surface area contributed by atoms with Crippen LogP contribution in [-0.2, 0) is 9.84 Å². The maximum atomic E-state index is 13.4. The van der Waals surface area contributed by atoms with Crippen LogP contribution < -0.4 is 4.90 Å². The SMILES string of the molecule is C#CCCN1CCN(c2ccc(F)cc2S(=O)(=O)C(F)(F)F)CC1. The third-order valence-electron chi connectivity index (χ3n) is 3.80. The van der Waals surface area contributed by atoms with Crippen molar-refractivity contribution in [3.05, 3.63) is 24.0 Å². The summed E-state index contributed by atoms with van der Waals surface area (Å²) in [4.78, 5) is 2.51. The van der Waals surface area contributed by atoms with Crippen molar-refractivity contribution in [3.63, 3.8) is 0 Å². The quantitative estimate of drug-likeness (QED) is 0.607. The summed E-state index contributed by atoms with van der Waals surface area (Å²) in [7, 11) is -5.63. The molecule has 0 aliphatic carbocycles. The van der Waals surface area contributed by atoms with E-state index in [2.05, 4.69) is 5.92 Å². The summed E-state index contributed by atoms with van der Waals surface area (Å²) in [5.41, 5.74) is -5.62. The van der Waals surface area contributed by atoms with E-state index in [9.17, 15) is 26.0 Å². The van der Waals surface area contributed by atoms with E-state index in [0.717, 1.165) is 12.1 Å². The molecule has 0 bridgehead atoms. The predicted molar refractivity (Wildman–Crippen MR) is 81.7 cm³/mol. The minimum absolute atomic E-state index is 0.134. The van der Waals surface area contributed by atoms with Crippen LogP contribution in [0.1, 0.15) is 6.42 Å². The molecule has 0 unspecified atom stereocenters. The number of nitrogens with zero attached hydrogens (tertiary/aromatic N) is 2. The number of hydrogen-bond acceptors (Lipinski definition) is 4. The van der Waals surface area contributed by atoms with Crippen molar-refractivity contribution in [2.75, 3.05) is 37.6 Å². The summed E-state index contributed by atoms with van der Waals surface area (Å²) < 4.78 is 75.3. The maximum absolute atomic E-state index is 13.4. The van der Waals surface area contributed by atoms with Crippen molar-refractivity contribution in [2.24, 2.45) is 0 Å². The fraction of sp³-hybridized carbons (Fsp3) is 0.467. The lowest BCUT2D eigenvalue weighted by molar-refractivity contribution is -0.0435. The van der Waals surface area contributed by atoms with E-state index >= 15 is 0 Å². The van der Waals surface area contributed by atoms with Gasteiger partial charge < -0.3 is 4.90 Å². The molecule has 0 saturated carbocycles. The number of anilines is 1. The molecule has 0 radical (unpaired) electrons. The summed E-state index contributed by atoms with van der Waals surface area (Å²) in [6.07, 6.45) is 5.75. The third kappa shape index (κ3) is 3.82. The van der Waals surface area contributed by atoms with Crippen molar-refractivity contribution < 1.29 is 26.0 Å². The second-order valence-electron chi connectivity index (χ2n) is 5.34. The van der Waals surface area contributed by atoms with Gasteiger partial charge in [-0.3, -0.25) is 4.90 Å². The molecule has 4 nitrogen and oxygen atoms in total. The number of terminal acetylenes is 1. The average Bonchev–Trinajstić information content (AvgIpc) is 2.52. The largest absolute Gasteiger partial charge is 0.501 e. The molecule has 1 aromatic carbocycles. The fourth-order valence-corrected chi connectivity index (χ4v) is 3.51. The molecule has 0 amide bonds. The highest BCUT2D eigenvalue weighted by atomic mass is 32.2. The molecule has 0 atom stereocenters. The molecular weight excluding hydrogens is 348 g/mol. The van der Waals surface area contributed by atoms with Gasteiger partial charge in [0, 0.05) is 39.1 Å². The normalized spacial score (nSPS) is 16.9. The van der Waals surface area contributed by atoms with Gasteiger partial charge in [-0.05, 0) is 18.2 Å². The molecule has 1 heterocycles. The Morgan fingerprint density at radius 2 is 1.79 bits per heavy atom. The highest BCUT2D eigenvalue weighted by Gasteiger charge is 2.48. The smallest absolute Gasteiger partial charge is 0.368 e. The molecule has 24 heavy (non-hydrogen) atoms. The van der Waals surface area contributed by atoms with Crippen LogP contribution in [0.15, 0.2) is 23.1 Å². The lowest BCUT2D eigenvalue weighted by Crippen LogP contribution is -2.47. The van der Waals surface area contributed by atoms with Gasteiger partial charge in [-0.15, -0.1) is 12.3 Å². The van der Waals surface area contributed by atoms with E-state index in [1.54, 1.807) is 0 Å². The summed E-state index contributed by atoms with van der Waals surface area (Å²) in [6.45, 7) is 2.39. The zero-order chi connectivity index (χ0) is 18.0. The van der Waals surface area contributed by atoms with Gasteiger partial charge in [-0.2, -0.15) is 13.2 Å². The Morgan fingerprint density at radius 1 is 1.17 bits per heavy atom. The van der Waals surface area contributed by atoms with E-state index in [4.69, 9.17) is 6.42 Å². The van der Waals surface area contributed by atoms with E-state index in [1.807, 2.05) is 4.90 Å². The van der Waals surface area contributed by atoms with Crippen LogP contribution in [0.2, 0.25) is 0 Å². The first kappa shape index (κ1) is 18.5. The molecule has 0 aromatic heterocycles. The number of benzene rings is 1. The second kappa shape index (κ2) is 6.99. The zero-order valence-electron chi connectivity index (χ0n) is 12.7. The molecule has 1 aromatic rings. The number of piperazine rings is 1. The van der Waals surface area contributed by atoms with Gasteiger partial charge in [-0.1, -0.05) is 0 Å². The molecule has 0 spiro atoms. The van der Waals surface area contributed by atoms with Gasteiger partial charge in [0.25, 0.3) is 9.84 Å². The fourth-order valence-electron chi connectivity index (χ4n) is 2.52. The summed E-state index contributed by atoms with van der Waals surface area (Å²) in [5.74, 6) is 1.48. The maximum Gasteiger partial charge on any atom is 0.501 e. The van der Waals surface area contributed by atoms with Crippen LogP contribution in [0.5, 0.6) is 0 Å².